The first-order chi connectivity index (χ1) is 9.45. The van der Waals surface area contributed by atoms with Crippen LogP contribution in [0, 0.1) is 12.8 Å². The predicted octanol–water partition coefficient (Wildman–Crippen LogP) is 2.63. The van der Waals surface area contributed by atoms with Gasteiger partial charge in [0, 0.05) is 17.5 Å². The van der Waals surface area contributed by atoms with Crippen LogP contribution in [0.1, 0.15) is 43.0 Å². The van der Waals surface area contributed by atoms with Crippen LogP contribution in [0.5, 0.6) is 0 Å². The molecule has 4 nitrogen and oxygen atoms in total. The van der Waals surface area contributed by atoms with Crippen molar-refractivity contribution in [3.63, 3.8) is 0 Å². The molecule has 0 radical (unpaired) electrons. The highest BCUT2D eigenvalue weighted by atomic mass is 32.2. The van der Waals surface area contributed by atoms with Crippen LogP contribution in [-0.4, -0.2) is 21.5 Å². The van der Waals surface area contributed by atoms with Gasteiger partial charge in [0.15, 0.2) is 0 Å². The zero-order valence-electron chi connectivity index (χ0n) is 12.4. The summed E-state index contributed by atoms with van der Waals surface area (Å²) in [6.45, 7) is 4.45. The molecule has 1 aliphatic carbocycles. The lowest BCUT2D eigenvalue weighted by Gasteiger charge is -2.20. The van der Waals surface area contributed by atoms with Gasteiger partial charge in [0.1, 0.15) is 4.90 Å². The maximum Gasteiger partial charge on any atom is 0.242 e. The first-order valence-electron chi connectivity index (χ1n) is 7.19. The van der Waals surface area contributed by atoms with Crippen LogP contribution >= 0.6 is 11.3 Å². The average molecular weight is 316 g/mol. The Kier molecular flexibility index (Phi) is 5.23. The molecule has 114 valence electrons. The molecular formula is C14H24N2O2S2. The molecule has 1 saturated carbocycles. The number of hydrogen-bond donors (Lipinski definition) is 2. The maximum absolute atomic E-state index is 12.6. The third kappa shape index (κ3) is 3.42. The number of sulfonamides is 1. The van der Waals surface area contributed by atoms with Gasteiger partial charge in [-0.3, -0.25) is 0 Å². The molecule has 1 aromatic rings. The van der Waals surface area contributed by atoms with Gasteiger partial charge in [0.25, 0.3) is 0 Å². The standard InChI is InChI=1S/C14H24N2O2S2/c1-10-9-19-13(8-15-3)14(10)20(17,18)16-11(2)12-6-4-5-7-12/h9,11-12,15-16H,4-8H2,1-3H3. The van der Waals surface area contributed by atoms with E-state index >= 15 is 0 Å². The summed E-state index contributed by atoms with van der Waals surface area (Å²) in [6.07, 6.45) is 4.71. The molecule has 1 heterocycles. The molecule has 0 saturated heterocycles. The van der Waals surface area contributed by atoms with Gasteiger partial charge < -0.3 is 5.32 Å². The van der Waals surface area contributed by atoms with Gasteiger partial charge in [-0.1, -0.05) is 12.8 Å². The van der Waals surface area contributed by atoms with E-state index in [-0.39, 0.29) is 6.04 Å². The molecule has 1 aromatic heterocycles. The van der Waals surface area contributed by atoms with Crippen LogP contribution in [0.25, 0.3) is 0 Å². The number of rotatable bonds is 6. The molecule has 1 aliphatic rings. The zero-order valence-corrected chi connectivity index (χ0v) is 14.0. The highest BCUT2D eigenvalue weighted by molar-refractivity contribution is 7.89. The number of hydrogen-bond acceptors (Lipinski definition) is 4. The van der Waals surface area contributed by atoms with E-state index in [1.165, 1.54) is 24.2 Å². The van der Waals surface area contributed by atoms with Gasteiger partial charge in [0.2, 0.25) is 10.0 Å². The van der Waals surface area contributed by atoms with Crippen molar-refractivity contribution < 1.29 is 8.42 Å². The fraction of sp³-hybridized carbons (Fsp3) is 0.714. The maximum atomic E-state index is 12.6. The van der Waals surface area contributed by atoms with E-state index in [0.717, 1.165) is 23.3 Å². The normalized spacial score (nSPS) is 18.6. The summed E-state index contributed by atoms with van der Waals surface area (Å²) in [6, 6.07) is 0.0178. The Morgan fingerprint density at radius 3 is 2.65 bits per heavy atom. The van der Waals surface area contributed by atoms with E-state index in [0.29, 0.717) is 17.4 Å². The summed E-state index contributed by atoms with van der Waals surface area (Å²) in [5.74, 6) is 0.483. The van der Waals surface area contributed by atoms with Crippen LogP contribution in [0.15, 0.2) is 10.3 Å². The third-order valence-electron chi connectivity index (χ3n) is 4.04. The van der Waals surface area contributed by atoms with Gasteiger partial charge in [-0.2, -0.15) is 0 Å². The Balaban J connectivity index is 2.19. The lowest BCUT2D eigenvalue weighted by molar-refractivity contribution is 0.423. The van der Waals surface area contributed by atoms with Crippen LogP contribution in [-0.2, 0) is 16.6 Å². The van der Waals surface area contributed by atoms with Gasteiger partial charge in [-0.25, -0.2) is 13.1 Å². The molecule has 6 heteroatoms. The molecule has 0 aliphatic heterocycles. The Bertz CT molecular complexity index is 546. The van der Waals surface area contributed by atoms with Gasteiger partial charge in [0.05, 0.1) is 0 Å². The van der Waals surface area contributed by atoms with E-state index in [1.54, 1.807) is 0 Å². The zero-order chi connectivity index (χ0) is 14.8. The van der Waals surface area contributed by atoms with Crippen molar-refractivity contribution >= 4 is 21.4 Å². The average Bonchev–Trinajstić information content (AvgIpc) is 2.99. The van der Waals surface area contributed by atoms with E-state index in [1.807, 2.05) is 26.3 Å². The second kappa shape index (κ2) is 6.56. The Labute approximate surface area is 126 Å². The fourth-order valence-electron chi connectivity index (χ4n) is 2.99. The molecule has 1 unspecified atom stereocenters. The Hall–Kier alpha value is -0.430. The minimum absolute atomic E-state index is 0.0178. The minimum Gasteiger partial charge on any atom is -0.315 e. The molecule has 1 atom stereocenters. The highest BCUT2D eigenvalue weighted by Gasteiger charge is 2.29. The molecule has 0 spiro atoms. The van der Waals surface area contributed by atoms with Crippen LogP contribution in [0.4, 0.5) is 0 Å². The van der Waals surface area contributed by atoms with E-state index in [2.05, 4.69) is 10.0 Å². The summed E-state index contributed by atoms with van der Waals surface area (Å²) in [5.41, 5.74) is 0.839. The lowest BCUT2D eigenvalue weighted by atomic mass is 10.0. The van der Waals surface area contributed by atoms with Gasteiger partial charge >= 0.3 is 0 Å². The van der Waals surface area contributed by atoms with Crippen molar-refractivity contribution in [2.75, 3.05) is 7.05 Å². The molecule has 1 fully saturated rings. The van der Waals surface area contributed by atoms with Crippen molar-refractivity contribution in [1.82, 2.24) is 10.0 Å². The predicted molar refractivity (Wildman–Crippen MR) is 83.6 cm³/mol. The summed E-state index contributed by atoms with van der Waals surface area (Å²) in [5, 5.41) is 4.95. The number of nitrogens with one attached hydrogen (secondary N) is 2. The monoisotopic (exact) mass is 316 g/mol. The third-order valence-corrected chi connectivity index (χ3v) is 7.06. The summed E-state index contributed by atoms with van der Waals surface area (Å²) in [7, 11) is -1.58. The van der Waals surface area contributed by atoms with Crippen LogP contribution in [0.3, 0.4) is 0 Å². The van der Waals surface area contributed by atoms with Crippen molar-refractivity contribution in [3.05, 3.63) is 15.8 Å². The Morgan fingerprint density at radius 2 is 2.05 bits per heavy atom. The van der Waals surface area contributed by atoms with Crippen LogP contribution in [0.2, 0.25) is 0 Å². The van der Waals surface area contributed by atoms with E-state index in [9.17, 15) is 8.42 Å². The molecule has 0 aromatic carbocycles. The summed E-state index contributed by atoms with van der Waals surface area (Å²) >= 11 is 1.51. The highest BCUT2D eigenvalue weighted by Crippen LogP contribution is 2.30. The second-order valence-electron chi connectivity index (χ2n) is 5.66. The lowest BCUT2D eigenvalue weighted by Crippen LogP contribution is -2.37. The van der Waals surface area contributed by atoms with Crippen molar-refractivity contribution in [2.45, 2.75) is 57.0 Å². The smallest absolute Gasteiger partial charge is 0.242 e. The molecule has 0 bridgehead atoms. The number of thiophene rings is 1. The minimum atomic E-state index is -3.42. The van der Waals surface area contributed by atoms with Crippen LogP contribution < -0.4 is 10.0 Å². The van der Waals surface area contributed by atoms with Crippen molar-refractivity contribution in [1.29, 1.82) is 0 Å². The largest absolute Gasteiger partial charge is 0.315 e. The summed E-state index contributed by atoms with van der Waals surface area (Å²) in [4.78, 5) is 1.36. The van der Waals surface area contributed by atoms with Gasteiger partial charge in [-0.15, -0.1) is 11.3 Å². The molecule has 20 heavy (non-hydrogen) atoms. The Morgan fingerprint density at radius 1 is 1.40 bits per heavy atom. The summed E-state index contributed by atoms with van der Waals surface area (Å²) < 4.78 is 28.2. The molecular weight excluding hydrogens is 292 g/mol. The van der Waals surface area contributed by atoms with E-state index < -0.39 is 10.0 Å². The molecule has 2 rings (SSSR count). The van der Waals surface area contributed by atoms with Crippen molar-refractivity contribution in [2.24, 2.45) is 5.92 Å². The van der Waals surface area contributed by atoms with Crippen molar-refractivity contribution in [3.8, 4) is 0 Å². The fourth-order valence-corrected chi connectivity index (χ4v) is 6.12. The molecule has 0 amide bonds. The van der Waals surface area contributed by atoms with E-state index in [4.69, 9.17) is 0 Å². The quantitative estimate of drug-likeness (QED) is 0.848. The number of aryl methyl sites for hydroxylation is 1. The second-order valence-corrected chi connectivity index (χ2v) is 8.27. The molecule has 2 N–H and O–H groups in total. The SMILES string of the molecule is CNCc1scc(C)c1S(=O)(=O)NC(C)C1CCCC1. The first-order valence-corrected chi connectivity index (χ1v) is 9.56. The first kappa shape index (κ1) is 15.9. The van der Waals surface area contributed by atoms with Gasteiger partial charge in [-0.05, 0) is 50.6 Å². The topological polar surface area (TPSA) is 58.2 Å².